The Morgan fingerprint density at radius 1 is 1.27 bits per heavy atom. The molecule has 26 heavy (non-hydrogen) atoms. The van der Waals surface area contributed by atoms with Gasteiger partial charge in [-0.2, -0.15) is 0 Å². The van der Waals surface area contributed by atoms with Crippen molar-refractivity contribution in [1.29, 1.82) is 0 Å². The van der Waals surface area contributed by atoms with Crippen LogP contribution in [0.1, 0.15) is 18.4 Å². The lowest BCUT2D eigenvalue weighted by Crippen LogP contribution is -2.48. The van der Waals surface area contributed by atoms with Crippen molar-refractivity contribution in [2.75, 3.05) is 13.1 Å². The third kappa shape index (κ3) is 9.05. The second-order valence-corrected chi connectivity index (χ2v) is 5.25. The Hall–Kier alpha value is -3.37. The molecule has 0 aliphatic heterocycles. The van der Waals surface area contributed by atoms with Gasteiger partial charge in [0.15, 0.2) is 17.0 Å². The van der Waals surface area contributed by atoms with Crippen molar-refractivity contribution in [2.45, 2.75) is 25.5 Å². The highest BCUT2D eigenvalue weighted by Crippen LogP contribution is 2.01. The van der Waals surface area contributed by atoms with E-state index in [-0.39, 0.29) is 25.5 Å². The van der Waals surface area contributed by atoms with Crippen LogP contribution in [0.2, 0.25) is 0 Å². The van der Waals surface area contributed by atoms with Gasteiger partial charge in [0.1, 0.15) is 13.2 Å². The van der Waals surface area contributed by atoms with Gasteiger partial charge < -0.3 is 21.5 Å². The lowest BCUT2D eigenvalue weighted by Gasteiger charge is -2.13. The lowest BCUT2D eigenvalue weighted by atomic mass is 10.1. The van der Waals surface area contributed by atoms with Crippen LogP contribution in [0, 0.1) is 10.1 Å². The van der Waals surface area contributed by atoms with Gasteiger partial charge in [0.05, 0.1) is 0 Å². The molecule has 0 aliphatic rings. The number of hydrazine groups is 1. The molecule has 0 saturated carbocycles. The van der Waals surface area contributed by atoms with E-state index in [9.17, 15) is 19.7 Å². The van der Waals surface area contributed by atoms with Gasteiger partial charge in [0.25, 0.3) is 0 Å². The van der Waals surface area contributed by atoms with Crippen LogP contribution < -0.4 is 22.2 Å². The zero-order valence-corrected chi connectivity index (χ0v) is 14.1. The number of amides is 1. The largest absolute Gasteiger partial charge is 0.460 e. The maximum absolute atomic E-state index is 12.0. The summed E-state index contributed by atoms with van der Waals surface area (Å²) in [4.78, 5) is 38.0. The lowest BCUT2D eigenvalue weighted by molar-refractivity contribution is -0.548. The highest BCUT2D eigenvalue weighted by atomic mass is 16.7. The minimum absolute atomic E-state index is 0.0740. The van der Waals surface area contributed by atoms with Gasteiger partial charge in [-0.3, -0.25) is 14.6 Å². The fourth-order valence-electron chi connectivity index (χ4n) is 1.96. The van der Waals surface area contributed by atoms with Crippen LogP contribution in [-0.2, 0) is 20.9 Å². The highest BCUT2D eigenvalue weighted by molar-refractivity contribution is 5.85. The van der Waals surface area contributed by atoms with Crippen molar-refractivity contribution >= 4 is 17.8 Å². The van der Waals surface area contributed by atoms with E-state index in [1.165, 1.54) is 0 Å². The fraction of sp³-hybridized carbons (Fsp3) is 0.400. The van der Waals surface area contributed by atoms with Crippen LogP contribution in [0.5, 0.6) is 0 Å². The quantitative estimate of drug-likeness (QED) is 0.0967. The molecule has 6 N–H and O–H groups in total. The smallest absolute Gasteiger partial charge is 0.325 e. The van der Waals surface area contributed by atoms with Crippen LogP contribution in [0.25, 0.3) is 0 Å². The Kier molecular flexibility index (Phi) is 8.93. The van der Waals surface area contributed by atoms with Crippen molar-refractivity contribution < 1.29 is 19.4 Å². The number of nitrogens with one attached hydrogen (secondary N) is 2. The van der Waals surface area contributed by atoms with E-state index in [4.69, 9.17) is 16.2 Å². The molecule has 1 aromatic rings. The highest BCUT2D eigenvalue weighted by Gasteiger charge is 2.23. The first-order chi connectivity index (χ1) is 12.4. The van der Waals surface area contributed by atoms with Crippen LogP contribution in [0.3, 0.4) is 0 Å². The fourth-order valence-corrected chi connectivity index (χ4v) is 1.96. The molecular formula is C15H22N6O5. The predicted octanol–water partition coefficient (Wildman–Crippen LogP) is -0.950. The molecule has 11 nitrogen and oxygen atoms in total. The third-order valence-corrected chi connectivity index (χ3v) is 3.17. The minimum Gasteiger partial charge on any atom is -0.460 e. The Morgan fingerprint density at radius 3 is 2.58 bits per heavy atom. The number of carbonyl (C=O) groups is 2. The van der Waals surface area contributed by atoms with E-state index in [1.54, 1.807) is 24.3 Å². The van der Waals surface area contributed by atoms with Crippen LogP contribution in [0.15, 0.2) is 35.3 Å². The Balaban J connectivity index is 2.40. The molecule has 0 fully saturated rings. The number of hydrogen-bond donors (Lipinski definition) is 4. The molecule has 1 rings (SSSR count). The van der Waals surface area contributed by atoms with Gasteiger partial charge in [-0.15, -0.1) is 5.43 Å². The molecule has 0 heterocycles. The summed E-state index contributed by atoms with van der Waals surface area (Å²) in [5.74, 6) is -1.44. The first-order valence-electron chi connectivity index (χ1n) is 7.81. The van der Waals surface area contributed by atoms with Gasteiger partial charge in [-0.25, -0.2) is 10.1 Å². The monoisotopic (exact) mass is 366 g/mol. The molecule has 0 aromatic heterocycles. The summed E-state index contributed by atoms with van der Waals surface area (Å²) in [5, 5.41) is 12.1. The van der Waals surface area contributed by atoms with E-state index >= 15 is 0 Å². The number of nitro groups is 1. The first kappa shape index (κ1) is 20.7. The van der Waals surface area contributed by atoms with Gasteiger partial charge in [0, 0.05) is 6.54 Å². The maximum atomic E-state index is 12.0. The molecule has 0 aliphatic carbocycles. The number of benzene rings is 1. The van der Waals surface area contributed by atoms with Crippen LogP contribution >= 0.6 is 0 Å². The SMILES string of the molecule is NC(N)=NCCC[C@H](N[N+](=O)[O-])C(=O)NCC(=O)OCc1ccccc1. The number of rotatable bonds is 11. The Labute approximate surface area is 149 Å². The molecule has 0 radical (unpaired) electrons. The molecule has 0 unspecified atom stereocenters. The van der Waals surface area contributed by atoms with Crippen LogP contribution in [0.4, 0.5) is 0 Å². The topological polar surface area (TPSA) is 175 Å². The molecule has 1 atom stereocenters. The minimum atomic E-state index is -1.12. The van der Waals surface area contributed by atoms with E-state index in [0.29, 0.717) is 6.42 Å². The Morgan fingerprint density at radius 2 is 1.96 bits per heavy atom. The number of ether oxygens (including phenoxy) is 1. The number of aliphatic imine (C=N–C) groups is 1. The molecule has 1 aromatic carbocycles. The van der Waals surface area contributed by atoms with E-state index in [1.807, 2.05) is 11.5 Å². The maximum Gasteiger partial charge on any atom is 0.325 e. The average molecular weight is 366 g/mol. The number of nitrogens with zero attached hydrogens (tertiary/aromatic N) is 2. The predicted molar refractivity (Wildman–Crippen MR) is 93.1 cm³/mol. The van der Waals surface area contributed by atoms with Gasteiger partial charge >= 0.3 is 5.97 Å². The van der Waals surface area contributed by atoms with Gasteiger partial charge in [0.2, 0.25) is 5.91 Å². The number of carbonyl (C=O) groups excluding carboxylic acids is 2. The standard InChI is InChI=1S/C15H22N6O5/c16-15(17)18-8-4-7-12(20-21(24)25)14(23)19-9-13(22)26-10-11-5-2-1-3-6-11/h1-3,5-6,12,20H,4,7-10H2,(H,19,23)(H4,16,17,18)/t12-/m0/s1. The van der Waals surface area contributed by atoms with E-state index < -0.39 is 29.5 Å². The Bertz CT molecular complexity index is 633. The van der Waals surface area contributed by atoms with Crippen molar-refractivity contribution in [1.82, 2.24) is 10.7 Å². The summed E-state index contributed by atoms with van der Waals surface area (Å²) in [7, 11) is 0. The molecule has 142 valence electrons. The normalized spacial score (nSPS) is 11.1. The van der Waals surface area contributed by atoms with Gasteiger partial charge in [-0.1, -0.05) is 30.3 Å². The third-order valence-electron chi connectivity index (χ3n) is 3.17. The molecule has 1 amide bonds. The first-order valence-corrected chi connectivity index (χ1v) is 7.81. The van der Waals surface area contributed by atoms with Crippen molar-refractivity contribution in [3.05, 3.63) is 46.0 Å². The molecule has 0 saturated heterocycles. The second kappa shape index (κ2) is 11.2. The molecular weight excluding hydrogens is 344 g/mol. The van der Waals surface area contributed by atoms with E-state index in [2.05, 4.69) is 10.3 Å². The zero-order valence-electron chi connectivity index (χ0n) is 14.1. The summed E-state index contributed by atoms with van der Waals surface area (Å²) in [6.07, 6.45) is 0.456. The van der Waals surface area contributed by atoms with Crippen molar-refractivity contribution in [3.8, 4) is 0 Å². The second-order valence-electron chi connectivity index (χ2n) is 5.25. The molecule has 0 bridgehead atoms. The summed E-state index contributed by atoms with van der Waals surface area (Å²) in [6, 6.07) is 7.91. The molecule has 11 heteroatoms. The molecule has 0 spiro atoms. The number of hydrogen-bond acceptors (Lipinski definition) is 6. The summed E-state index contributed by atoms with van der Waals surface area (Å²) in [6.45, 7) is -0.0925. The zero-order chi connectivity index (χ0) is 19.4. The number of guanidine groups is 1. The number of nitrogens with two attached hydrogens (primary N) is 2. The van der Waals surface area contributed by atoms with E-state index in [0.717, 1.165) is 5.56 Å². The van der Waals surface area contributed by atoms with Gasteiger partial charge in [-0.05, 0) is 18.4 Å². The number of esters is 1. The average Bonchev–Trinajstić information content (AvgIpc) is 2.60. The van der Waals surface area contributed by atoms with Crippen molar-refractivity contribution in [3.63, 3.8) is 0 Å². The van der Waals surface area contributed by atoms with Crippen molar-refractivity contribution in [2.24, 2.45) is 16.5 Å². The summed E-state index contributed by atoms with van der Waals surface area (Å²) < 4.78 is 5.01. The summed E-state index contributed by atoms with van der Waals surface area (Å²) >= 11 is 0. The summed E-state index contributed by atoms with van der Waals surface area (Å²) in [5.41, 5.74) is 13.1. The van der Waals surface area contributed by atoms with Crippen LogP contribution in [-0.4, -0.2) is 42.0 Å².